The molecule has 0 atom stereocenters. The van der Waals surface area contributed by atoms with Crippen LogP contribution >= 0.6 is 0 Å². The Bertz CT molecular complexity index is 687. The van der Waals surface area contributed by atoms with E-state index in [4.69, 9.17) is 4.42 Å². The molecule has 4 nitrogen and oxygen atoms in total. The molecule has 0 spiro atoms. The lowest BCUT2D eigenvalue weighted by molar-refractivity contribution is -0.123. The van der Waals surface area contributed by atoms with E-state index >= 15 is 0 Å². The molecule has 22 heavy (non-hydrogen) atoms. The number of hydrogen-bond donors (Lipinski definition) is 1. The maximum absolute atomic E-state index is 12.0. The molecule has 0 radical (unpaired) electrons. The molecule has 0 aliphatic carbocycles. The summed E-state index contributed by atoms with van der Waals surface area (Å²) in [5, 5.41) is 1.73. The van der Waals surface area contributed by atoms with Crippen LogP contribution in [0.15, 0.2) is 40.8 Å². The second-order valence-electron chi connectivity index (χ2n) is 4.60. The Morgan fingerprint density at radius 1 is 1.09 bits per heavy atom. The lowest BCUT2D eigenvalue weighted by atomic mass is 10.1. The zero-order chi connectivity index (χ0) is 16.3. The van der Waals surface area contributed by atoms with Crippen LogP contribution in [0.5, 0.6) is 0 Å². The van der Waals surface area contributed by atoms with E-state index in [1.54, 1.807) is 29.6 Å². The van der Waals surface area contributed by atoms with Crippen molar-refractivity contribution in [3.05, 3.63) is 47.7 Å². The fourth-order valence-corrected chi connectivity index (χ4v) is 1.75. The molecule has 0 unspecified atom stereocenters. The molecule has 1 aromatic heterocycles. The Morgan fingerprint density at radius 3 is 2.27 bits per heavy atom. The highest BCUT2D eigenvalue weighted by Gasteiger charge is 2.28. The average molecular weight is 311 g/mol. The predicted octanol–water partition coefficient (Wildman–Crippen LogP) is 3.44. The molecule has 0 aliphatic rings. The van der Waals surface area contributed by atoms with Crippen molar-refractivity contribution in [1.29, 1.82) is 0 Å². The van der Waals surface area contributed by atoms with Crippen molar-refractivity contribution in [3.8, 4) is 11.3 Å². The summed E-state index contributed by atoms with van der Waals surface area (Å²) in [5.41, 5.74) is 1.14. The third-order valence-corrected chi connectivity index (χ3v) is 2.86. The molecule has 1 N–H and O–H groups in total. The van der Waals surface area contributed by atoms with Gasteiger partial charge >= 0.3 is 6.18 Å². The van der Waals surface area contributed by atoms with E-state index in [0.29, 0.717) is 16.9 Å². The maximum atomic E-state index is 12.0. The second kappa shape index (κ2) is 6.05. The molecule has 1 heterocycles. The number of nitrogens with one attached hydrogen (secondary N) is 1. The van der Waals surface area contributed by atoms with Gasteiger partial charge in [0.05, 0.1) is 0 Å². The molecule has 116 valence electrons. The van der Waals surface area contributed by atoms with Crippen LogP contribution in [0.1, 0.15) is 27.8 Å². The summed E-state index contributed by atoms with van der Waals surface area (Å²) < 4.78 is 41.3. The van der Waals surface area contributed by atoms with E-state index in [0.717, 1.165) is 0 Å². The van der Waals surface area contributed by atoms with E-state index in [2.05, 4.69) is 0 Å². The van der Waals surface area contributed by atoms with Gasteiger partial charge in [-0.15, -0.1) is 0 Å². The average Bonchev–Trinajstić information content (AvgIpc) is 2.94. The van der Waals surface area contributed by atoms with Crippen molar-refractivity contribution < 1.29 is 27.2 Å². The highest BCUT2D eigenvalue weighted by molar-refractivity contribution is 5.94. The van der Waals surface area contributed by atoms with Crippen LogP contribution in [-0.2, 0) is 0 Å². The predicted molar refractivity (Wildman–Crippen MR) is 72.5 cm³/mol. The van der Waals surface area contributed by atoms with Gasteiger partial charge in [-0.05, 0) is 19.1 Å². The third kappa shape index (κ3) is 3.97. The number of furan rings is 1. The molecule has 0 bridgehead atoms. The van der Waals surface area contributed by atoms with Crippen molar-refractivity contribution in [3.63, 3.8) is 0 Å². The fourth-order valence-electron chi connectivity index (χ4n) is 1.75. The van der Waals surface area contributed by atoms with Gasteiger partial charge in [0, 0.05) is 11.1 Å². The van der Waals surface area contributed by atoms with Gasteiger partial charge in [0.25, 0.3) is 5.91 Å². The number of alkyl halides is 3. The minimum atomic E-state index is -4.48. The highest BCUT2D eigenvalue weighted by atomic mass is 19.4. The Balaban J connectivity index is 2.10. The van der Waals surface area contributed by atoms with Crippen LogP contribution in [0.3, 0.4) is 0 Å². The van der Waals surface area contributed by atoms with E-state index in [9.17, 15) is 22.8 Å². The quantitative estimate of drug-likeness (QED) is 0.880. The van der Waals surface area contributed by atoms with Gasteiger partial charge in [-0.2, -0.15) is 13.2 Å². The van der Waals surface area contributed by atoms with Crippen molar-refractivity contribution in [2.24, 2.45) is 0 Å². The number of benzene rings is 1. The van der Waals surface area contributed by atoms with E-state index < -0.39 is 18.6 Å². The summed E-state index contributed by atoms with van der Waals surface area (Å²) in [5.74, 6) is -0.913. The van der Waals surface area contributed by atoms with Crippen LogP contribution < -0.4 is 5.32 Å². The fraction of sp³-hybridized carbons (Fsp3) is 0.200. The number of amides is 1. The first kappa shape index (κ1) is 15.8. The first-order valence-electron chi connectivity index (χ1n) is 6.32. The SMILES string of the molecule is CC(=O)c1ccc(-c2ccc(C(=O)NCC(F)(F)F)o2)cc1. The molecule has 0 aliphatic heterocycles. The van der Waals surface area contributed by atoms with Crippen LogP contribution in [0, 0.1) is 0 Å². The Morgan fingerprint density at radius 2 is 1.73 bits per heavy atom. The molecule has 7 heteroatoms. The summed E-state index contributed by atoms with van der Waals surface area (Å²) in [4.78, 5) is 22.7. The monoisotopic (exact) mass is 311 g/mol. The summed E-state index contributed by atoms with van der Waals surface area (Å²) in [6, 6.07) is 9.23. The molecule has 1 aromatic carbocycles. The molecule has 0 fully saturated rings. The number of carbonyl (C=O) groups excluding carboxylic acids is 2. The van der Waals surface area contributed by atoms with E-state index in [1.165, 1.54) is 19.1 Å². The Hall–Kier alpha value is -2.57. The van der Waals surface area contributed by atoms with Crippen LogP contribution in [0.4, 0.5) is 13.2 Å². The first-order valence-corrected chi connectivity index (χ1v) is 6.32. The summed E-state index contributed by atoms with van der Waals surface area (Å²) in [6.07, 6.45) is -4.48. The van der Waals surface area contributed by atoms with Crippen LogP contribution in [0.2, 0.25) is 0 Å². The number of halogens is 3. The number of rotatable bonds is 4. The van der Waals surface area contributed by atoms with Crippen molar-refractivity contribution in [2.45, 2.75) is 13.1 Å². The number of Topliss-reactive ketones (excluding diaryl/α,β-unsaturated/α-hetero) is 1. The number of ketones is 1. The summed E-state index contributed by atoms with van der Waals surface area (Å²) >= 11 is 0. The van der Waals surface area contributed by atoms with E-state index in [-0.39, 0.29) is 11.5 Å². The van der Waals surface area contributed by atoms with Gasteiger partial charge in [-0.25, -0.2) is 0 Å². The number of carbonyl (C=O) groups is 2. The third-order valence-electron chi connectivity index (χ3n) is 2.86. The van der Waals surface area contributed by atoms with Crippen molar-refractivity contribution >= 4 is 11.7 Å². The van der Waals surface area contributed by atoms with Gasteiger partial charge in [0.15, 0.2) is 11.5 Å². The molecular weight excluding hydrogens is 299 g/mol. The minimum Gasteiger partial charge on any atom is -0.451 e. The van der Waals surface area contributed by atoms with Crippen molar-refractivity contribution in [2.75, 3.05) is 6.54 Å². The topological polar surface area (TPSA) is 59.3 Å². The lowest BCUT2D eigenvalue weighted by Gasteiger charge is -2.06. The van der Waals surface area contributed by atoms with Gasteiger partial charge < -0.3 is 9.73 Å². The molecule has 2 aromatic rings. The number of hydrogen-bond acceptors (Lipinski definition) is 3. The summed E-state index contributed by atoms with van der Waals surface area (Å²) in [6.45, 7) is 0.0141. The standard InChI is InChI=1S/C15H12F3NO3/c1-9(20)10-2-4-11(5-3-10)12-6-7-13(22-12)14(21)19-8-15(16,17)18/h2-7H,8H2,1H3,(H,19,21). The highest BCUT2D eigenvalue weighted by Crippen LogP contribution is 2.23. The Kier molecular flexibility index (Phi) is 4.35. The first-order chi connectivity index (χ1) is 10.3. The van der Waals surface area contributed by atoms with Gasteiger partial charge in [0.1, 0.15) is 12.3 Å². The minimum absolute atomic E-state index is 0.0850. The molecule has 2 rings (SSSR count). The summed E-state index contributed by atoms with van der Waals surface area (Å²) in [7, 11) is 0. The van der Waals surface area contributed by atoms with Crippen LogP contribution in [0.25, 0.3) is 11.3 Å². The van der Waals surface area contributed by atoms with Gasteiger partial charge in [-0.1, -0.05) is 24.3 Å². The molecular formula is C15H12F3NO3. The molecule has 1 amide bonds. The van der Waals surface area contributed by atoms with Gasteiger partial charge in [0.2, 0.25) is 0 Å². The lowest BCUT2D eigenvalue weighted by Crippen LogP contribution is -2.33. The zero-order valence-corrected chi connectivity index (χ0v) is 11.5. The Labute approximate surface area is 123 Å². The molecule has 0 saturated heterocycles. The zero-order valence-electron chi connectivity index (χ0n) is 11.5. The largest absolute Gasteiger partial charge is 0.451 e. The maximum Gasteiger partial charge on any atom is 0.405 e. The molecule has 0 saturated carbocycles. The van der Waals surface area contributed by atoms with Crippen LogP contribution in [-0.4, -0.2) is 24.4 Å². The second-order valence-corrected chi connectivity index (χ2v) is 4.60. The normalized spacial score (nSPS) is 11.3. The van der Waals surface area contributed by atoms with Gasteiger partial charge in [-0.3, -0.25) is 9.59 Å². The van der Waals surface area contributed by atoms with Crippen molar-refractivity contribution in [1.82, 2.24) is 5.32 Å². The van der Waals surface area contributed by atoms with E-state index in [1.807, 2.05) is 0 Å². The smallest absolute Gasteiger partial charge is 0.405 e.